The SMILES string of the molecule is CCCCCCCCCCCCCCCCCCSc1ccc(-c2[nH]c(O)c3c2C(=O)N=C3c2ccc(Cl)cc2)cc1.CCCCCCCCCCCCCCCCCCSc1ccc(C#N)cc1.N#Cc1ccc(Cl)cc1.O=C1N=C(c2ccc(Cl)cc2)c2c(O)[nH]c(-c3ccc(Cl)cc3)c21. The number of halogens is 4. The molecule has 10 nitrogen and oxygen atoms in total. The number of aromatic nitrogens is 2. The van der Waals surface area contributed by atoms with Gasteiger partial charge in [-0.2, -0.15) is 10.5 Å². The molecule has 0 bridgehead atoms. The lowest BCUT2D eigenvalue weighted by Crippen LogP contribution is -1.99. The van der Waals surface area contributed by atoms with E-state index in [1.54, 1.807) is 97.1 Å². The van der Waals surface area contributed by atoms with Crippen LogP contribution in [0.15, 0.2) is 165 Å². The van der Waals surface area contributed by atoms with Gasteiger partial charge in [-0.1, -0.05) is 301 Å². The number of hydrogen-bond acceptors (Lipinski definition) is 8. The van der Waals surface area contributed by atoms with Crippen molar-refractivity contribution in [3.8, 4) is 46.4 Å². The molecule has 0 spiro atoms. The largest absolute Gasteiger partial charge is 0.494 e. The Labute approximate surface area is 636 Å². The second-order valence-corrected chi connectivity index (χ2v) is 30.4. The van der Waals surface area contributed by atoms with E-state index in [9.17, 15) is 19.8 Å². The maximum absolute atomic E-state index is 12.8. The summed E-state index contributed by atoms with van der Waals surface area (Å²) in [6.07, 6.45) is 45.0. The minimum absolute atomic E-state index is 0.0403. The number of nitrogens with one attached hydrogen (secondary N) is 2. The monoisotopic (exact) mass is 1490 g/mol. The molecule has 2 aliphatic rings. The van der Waals surface area contributed by atoms with Gasteiger partial charge in [-0.05, 0) is 133 Å². The minimum Gasteiger partial charge on any atom is -0.494 e. The van der Waals surface area contributed by atoms with Gasteiger partial charge in [-0.15, -0.1) is 23.5 Å². The molecule has 2 amide bonds. The summed E-state index contributed by atoms with van der Waals surface area (Å²) < 4.78 is 0. The highest BCUT2D eigenvalue weighted by molar-refractivity contribution is 7.99. The number of rotatable bonds is 40. The molecule has 8 aromatic rings. The molecule has 10 rings (SSSR count). The van der Waals surface area contributed by atoms with Crippen LogP contribution in [0.5, 0.6) is 11.8 Å². The molecule has 0 fully saturated rings. The molecule has 0 saturated carbocycles. The van der Waals surface area contributed by atoms with Crippen molar-refractivity contribution >= 4 is 93.2 Å². The van der Waals surface area contributed by atoms with E-state index in [1.165, 1.54) is 221 Å². The lowest BCUT2D eigenvalue weighted by atomic mass is 10.0. The molecule has 0 atom stereocenters. The van der Waals surface area contributed by atoms with Crippen LogP contribution in [-0.2, 0) is 0 Å². The number of nitriles is 2. The molecule has 0 radical (unpaired) electrons. The van der Waals surface area contributed by atoms with Gasteiger partial charge in [0.25, 0.3) is 11.8 Å². The zero-order valence-electron chi connectivity index (χ0n) is 59.7. The van der Waals surface area contributed by atoms with E-state index in [-0.39, 0.29) is 17.7 Å². The van der Waals surface area contributed by atoms with E-state index < -0.39 is 5.91 Å². The first-order chi connectivity index (χ1) is 49.8. The van der Waals surface area contributed by atoms with Gasteiger partial charge in [0.05, 0.1) is 68.3 Å². The lowest BCUT2D eigenvalue weighted by Gasteiger charge is -2.05. The quantitative estimate of drug-likeness (QED) is 0.0216. The standard InChI is InChI=1S/C36H47ClN2O2S.C25H41NS.C18H10Cl2N2O2.C7H4ClN/c1-2-3-4-5-6-7-8-9-10-11-12-13-14-15-16-17-26-42-30-24-20-28(21-25-30)34-32-31(35(40)39-34)33(38-36(32)41)27-18-22-29(37)23-19-27;1-2-3-4-5-6-7-8-9-10-11-12-13-14-15-16-17-22-27-25-20-18-24(23-26)19-21-25;19-11-5-1-9(2-6-11)15-13-14(18(24)21-15)16(22-17(13)23)10-3-7-12(20)8-4-10;8-7-3-1-6(5-9)2-4-7/h18-25,39-40H,2-17,26H2,1H3;18-21H,2-17,22H2,1H3;1-8,21,24H;1-4H. The Balaban J connectivity index is 0.000000210. The van der Waals surface area contributed by atoms with E-state index >= 15 is 0 Å². The first kappa shape index (κ1) is 82.3. The Morgan fingerprint density at radius 1 is 0.333 bits per heavy atom. The van der Waals surface area contributed by atoms with Gasteiger partial charge in [-0.25, -0.2) is 9.98 Å². The van der Waals surface area contributed by atoms with E-state index in [0.717, 1.165) is 28.0 Å². The number of H-pyrrole nitrogens is 2. The topological polar surface area (TPSA) is 178 Å². The fourth-order valence-electron chi connectivity index (χ4n) is 12.5. The Hall–Kier alpha value is -7.00. The number of carbonyl (C=O) groups is 2. The van der Waals surface area contributed by atoms with Crippen molar-refractivity contribution in [2.75, 3.05) is 11.5 Å². The fraction of sp³-hybridized carbons (Fsp3) is 0.419. The van der Waals surface area contributed by atoms with Crippen LogP contribution in [0, 0.1) is 22.7 Å². The van der Waals surface area contributed by atoms with Gasteiger partial charge in [0.15, 0.2) is 11.8 Å². The summed E-state index contributed by atoms with van der Waals surface area (Å²) in [5.74, 6) is 1.45. The highest BCUT2D eigenvalue weighted by atomic mass is 35.5. The number of carbonyl (C=O) groups excluding carboxylic acids is 2. The van der Waals surface area contributed by atoms with E-state index in [2.05, 4.69) is 64.1 Å². The van der Waals surface area contributed by atoms with Crippen molar-refractivity contribution in [2.24, 2.45) is 9.98 Å². The number of aliphatic imine (C=N–C) groups is 2. The van der Waals surface area contributed by atoms with Gasteiger partial charge in [0.2, 0.25) is 0 Å². The number of amides is 2. The van der Waals surface area contributed by atoms with Crippen LogP contribution >= 0.6 is 69.9 Å². The molecule has 4 heterocycles. The lowest BCUT2D eigenvalue weighted by molar-refractivity contribution is 0.0998. The summed E-state index contributed by atoms with van der Waals surface area (Å²) in [4.78, 5) is 42.0. The number of thioether (sulfide) groups is 2. The number of benzene rings is 6. The second kappa shape index (κ2) is 47.4. The molecular formula is C86H102Cl4N6O4S2. The minimum atomic E-state index is -0.392. The fourth-order valence-corrected chi connectivity index (χ4v) is 14.8. The predicted octanol–water partition coefficient (Wildman–Crippen LogP) is 27.2. The number of hydrogen-bond donors (Lipinski definition) is 4. The van der Waals surface area contributed by atoms with Crippen molar-refractivity contribution in [3.63, 3.8) is 0 Å². The summed E-state index contributed by atoms with van der Waals surface area (Å²) in [5, 5.41) is 40.6. The van der Waals surface area contributed by atoms with Gasteiger partial charge >= 0.3 is 0 Å². The highest BCUT2D eigenvalue weighted by Crippen LogP contribution is 2.41. The molecule has 2 aromatic heterocycles. The van der Waals surface area contributed by atoms with Crippen LogP contribution in [0.4, 0.5) is 0 Å². The Kier molecular flexibility index (Phi) is 38.2. The van der Waals surface area contributed by atoms with Gasteiger partial charge in [0, 0.05) is 41.0 Å². The number of aromatic amines is 2. The van der Waals surface area contributed by atoms with Crippen LogP contribution in [0.3, 0.4) is 0 Å². The molecule has 2 aliphatic heterocycles. The molecule has 4 N–H and O–H groups in total. The molecular weight excluding hydrogens is 1390 g/mol. The van der Waals surface area contributed by atoms with Crippen molar-refractivity contribution in [3.05, 3.63) is 210 Å². The zero-order valence-corrected chi connectivity index (χ0v) is 64.4. The highest BCUT2D eigenvalue weighted by Gasteiger charge is 2.35. The van der Waals surface area contributed by atoms with E-state index in [1.807, 2.05) is 53.9 Å². The maximum atomic E-state index is 12.8. The molecule has 102 heavy (non-hydrogen) atoms. The number of unbranched alkanes of at least 4 members (excludes halogenated alkanes) is 30. The first-order valence-corrected chi connectivity index (χ1v) is 40.8. The van der Waals surface area contributed by atoms with Crippen LogP contribution < -0.4 is 0 Å². The Bertz CT molecular complexity index is 3930. The molecule has 0 saturated heterocycles. The molecule has 0 aliphatic carbocycles. The molecule has 540 valence electrons. The van der Waals surface area contributed by atoms with Crippen molar-refractivity contribution < 1.29 is 19.8 Å². The van der Waals surface area contributed by atoms with Gasteiger partial charge in [0.1, 0.15) is 0 Å². The molecule has 16 heteroatoms. The normalized spacial score (nSPS) is 11.9. The van der Waals surface area contributed by atoms with Crippen LogP contribution in [-0.4, -0.2) is 54.9 Å². The summed E-state index contributed by atoms with van der Waals surface area (Å²) in [6, 6.07) is 48.2. The predicted molar refractivity (Wildman–Crippen MR) is 432 cm³/mol. The summed E-state index contributed by atoms with van der Waals surface area (Å²) in [6.45, 7) is 4.57. The Morgan fingerprint density at radius 2 is 0.569 bits per heavy atom. The van der Waals surface area contributed by atoms with Crippen molar-refractivity contribution in [1.29, 1.82) is 10.5 Å². The summed E-state index contributed by atoms with van der Waals surface area (Å²) in [7, 11) is 0. The number of aromatic hydroxyl groups is 2. The smallest absolute Gasteiger partial charge is 0.280 e. The van der Waals surface area contributed by atoms with Crippen LogP contribution in [0.1, 0.15) is 273 Å². The number of fused-ring (bicyclic) bond motifs is 2. The van der Waals surface area contributed by atoms with Gasteiger partial charge in [-0.3, -0.25) is 9.59 Å². The summed E-state index contributed by atoms with van der Waals surface area (Å²) in [5.41, 5.74) is 8.14. The average Bonchev–Trinajstić information content (AvgIpc) is 1.60. The third kappa shape index (κ3) is 28.2. The van der Waals surface area contributed by atoms with Crippen molar-refractivity contribution in [1.82, 2.24) is 9.97 Å². The van der Waals surface area contributed by atoms with Gasteiger partial charge < -0.3 is 20.2 Å². The van der Waals surface area contributed by atoms with Crippen LogP contribution in [0.2, 0.25) is 20.1 Å². The Morgan fingerprint density at radius 3 is 0.853 bits per heavy atom. The van der Waals surface area contributed by atoms with Crippen LogP contribution in [0.25, 0.3) is 22.5 Å². The van der Waals surface area contributed by atoms with E-state index in [0.29, 0.717) is 76.3 Å². The summed E-state index contributed by atoms with van der Waals surface area (Å²) >= 11 is 27.2. The number of nitrogens with zero attached hydrogens (tertiary/aromatic N) is 4. The zero-order chi connectivity index (χ0) is 72.5. The van der Waals surface area contributed by atoms with Crippen molar-refractivity contribution in [2.45, 2.75) is 229 Å². The molecule has 6 aromatic carbocycles. The molecule has 0 unspecified atom stereocenters. The first-order valence-electron chi connectivity index (χ1n) is 37.3. The maximum Gasteiger partial charge on any atom is 0.280 e. The third-order valence-electron chi connectivity index (χ3n) is 18.3. The average molecular weight is 1490 g/mol. The third-order valence-corrected chi connectivity index (χ3v) is 21.5. The van der Waals surface area contributed by atoms with E-state index in [4.69, 9.17) is 56.9 Å². The second-order valence-electron chi connectivity index (χ2n) is 26.3.